The van der Waals surface area contributed by atoms with Crippen molar-refractivity contribution in [1.82, 2.24) is 0 Å². The summed E-state index contributed by atoms with van der Waals surface area (Å²) in [5.74, 6) is -0.408. The van der Waals surface area contributed by atoms with Crippen LogP contribution in [0.1, 0.15) is 66.1 Å². The third-order valence-electron chi connectivity index (χ3n) is 7.78. The Morgan fingerprint density at radius 3 is 2.45 bits per heavy atom. The van der Waals surface area contributed by atoms with E-state index in [-0.39, 0.29) is 29.0 Å². The van der Waals surface area contributed by atoms with Gasteiger partial charge in [0.05, 0.1) is 13.5 Å². The van der Waals surface area contributed by atoms with E-state index in [1.165, 1.54) is 31.4 Å². The van der Waals surface area contributed by atoms with Crippen LogP contribution >= 0.6 is 0 Å². The van der Waals surface area contributed by atoms with Crippen molar-refractivity contribution in [3.8, 4) is 22.6 Å². The van der Waals surface area contributed by atoms with E-state index in [4.69, 9.17) is 14.2 Å². The molecule has 0 aromatic heterocycles. The van der Waals surface area contributed by atoms with Gasteiger partial charge in [-0.3, -0.25) is 4.79 Å². The van der Waals surface area contributed by atoms with Crippen LogP contribution in [0, 0.1) is 11.7 Å². The molecule has 3 aromatic rings. The summed E-state index contributed by atoms with van der Waals surface area (Å²) in [5, 5.41) is 9.40. The minimum atomic E-state index is -4.74. The van der Waals surface area contributed by atoms with Crippen molar-refractivity contribution in [2.24, 2.45) is 5.92 Å². The van der Waals surface area contributed by atoms with Gasteiger partial charge in [0, 0.05) is 12.7 Å². The highest BCUT2D eigenvalue weighted by Crippen LogP contribution is 2.47. The van der Waals surface area contributed by atoms with Crippen LogP contribution in [0.3, 0.4) is 0 Å². The lowest BCUT2D eigenvalue weighted by molar-refractivity contribution is -0.215. The third-order valence-corrected chi connectivity index (χ3v) is 7.78. The first-order valence-electron chi connectivity index (χ1n) is 13.2. The highest BCUT2D eigenvalue weighted by molar-refractivity contribution is 5.71. The van der Waals surface area contributed by atoms with Crippen LogP contribution in [-0.2, 0) is 16.0 Å². The summed E-state index contributed by atoms with van der Waals surface area (Å²) < 4.78 is 73.5. The number of hydrogen-bond donors (Lipinski definition) is 1. The van der Waals surface area contributed by atoms with Gasteiger partial charge in [-0.05, 0) is 95.7 Å². The van der Waals surface area contributed by atoms with E-state index >= 15 is 0 Å². The molecule has 0 spiro atoms. The zero-order valence-electron chi connectivity index (χ0n) is 22.1. The Hall–Kier alpha value is -3.59. The summed E-state index contributed by atoms with van der Waals surface area (Å²) in [6.07, 6.45) is -4.39. The number of fused-ring (bicyclic) bond motifs is 1. The van der Waals surface area contributed by atoms with Gasteiger partial charge in [-0.1, -0.05) is 24.3 Å². The van der Waals surface area contributed by atoms with Gasteiger partial charge in [0.15, 0.2) is 6.10 Å². The fourth-order valence-electron chi connectivity index (χ4n) is 5.61. The zero-order chi connectivity index (χ0) is 28.6. The molecule has 5 nitrogen and oxygen atoms in total. The van der Waals surface area contributed by atoms with Crippen LogP contribution in [0.15, 0.2) is 54.6 Å². The third kappa shape index (κ3) is 5.80. The van der Waals surface area contributed by atoms with Gasteiger partial charge in [-0.15, -0.1) is 0 Å². The van der Waals surface area contributed by atoms with Crippen molar-refractivity contribution in [3.05, 3.63) is 82.7 Å². The average Bonchev–Trinajstić information content (AvgIpc) is 3.76. The Kier molecular flexibility index (Phi) is 7.77. The maximum absolute atomic E-state index is 14.9. The molecule has 9 heteroatoms. The Morgan fingerprint density at radius 1 is 1.02 bits per heavy atom. The summed E-state index contributed by atoms with van der Waals surface area (Å²) in [6.45, 7) is 0. The second kappa shape index (κ2) is 11.1. The number of benzene rings is 3. The van der Waals surface area contributed by atoms with Crippen LogP contribution in [0.4, 0.5) is 17.6 Å². The van der Waals surface area contributed by atoms with E-state index in [0.29, 0.717) is 35.8 Å². The minimum Gasteiger partial charge on any atom is -0.497 e. The SMILES string of the molecule is COc1ccc(F)c(-c2ccc(C3CCc4ccc(C(CC(=O)O)C5CC5)cc4O3)cc2C(OC)C(F)(F)F)c1. The van der Waals surface area contributed by atoms with Gasteiger partial charge in [-0.25, -0.2) is 4.39 Å². The molecular weight excluding hydrogens is 528 g/mol. The van der Waals surface area contributed by atoms with Gasteiger partial charge >= 0.3 is 12.1 Å². The first-order chi connectivity index (χ1) is 19.1. The molecule has 1 aliphatic heterocycles. The number of hydrogen-bond acceptors (Lipinski definition) is 4. The number of carbonyl (C=O) groups is 1. The first-order valence-corrected chi connectivity index (χ1v) is 13.2. The van der Waals surface area contributed by atoms with Crippen molar-refractivity contribution in [3.63, 3.8) is 0 Å². The molecule has 3 unspecified atom stereocenters. The number of methoxy groups -OCH3 is 2. The Bertz CT molecular complexity index is 1400. The quantitative estimate of drug-likeness (QED) is 0.272. The summed E-state index contributed by atoms with van der Waals surface area (Å²) in [7, 11) is 2.37. The lowest BCUT2D eigenvalue weighted by Crippen LogP contribution is -2.24. The Balaban J connectivity index is 1.52. The largest absolute Gasteiger partial charge is 0.497 e. The summed E-state index contributed by atoms with van der Waals surface area (Å²) in [6, 6.07) is 14.2. The first kappa shape index (κ1) is 28.0. The summed E-state index contributed by atoms with van der Waals surface area (Å²) in [4.78, 5) is 11.5. The molecule has 1 saturated carbocycles. The van der Waals surface area contributed by atoms with Crippen molar-refractivity contribution in [1.29, 1.82) is 0 Å². The molecule has 40 heavy (non-hydrogen) atoms. The topological polar surface area (TPSA) is 65.0 Å². The van der Waals surface area contributed by atoms with E-state index in [9.17, 15) is 27.5 Å². The average molecular weight is 559 g/mol. The molecule has 3 aromatic carbocycles. The van der Waals surface area contributed by atoms with Crippen molar-refractivity contribution < 1.29 is 41.7 Å². The van der Waals surface area contributed by atoms with Crippen LogP contribution in [0.25, 0.3) is 11.1 Å². The monoisotopic (exact) mass is 558 g/mol. The molecule has 0 saturated heterocycles. The predicted octanol–water partition coefficient (Wildman–Crippen LogP) is 7.79. The van der Waals surface area contributed by atoms with Gasteiger partial charge in [0.2, 0.25) is 0 Å². The second-order valence-electron chi connectivity index (χ2n) is 10.4. The van der Waals surface area contributed by atoms with Crippen molar-refractivity contribution in [2.45, 2.75) is 56.4 Å². The van der Waals surface area contributed by atoms with E-state index in [1.807, 2.05) is 18.2 Å². The molecule has 0 amide bonds. The fourth-order valence-corrected chi connectivity index (χ4v) is 5.61. The maximum Gasteiger partial charge on any atom is 0.418 e. The van der Waals surface area contributed by atoms with Gasteiger partial charge < -0.3 is 19.3 Å². The van der Waals surface area contributed by atoms with Crippen LogP contribution in [-0.4, -0.2) is 31.5 Å². The number of aryl methyl sites for hydroxylation is 1. The van der Waals surface area contributed by atoms with Crippen molar-refractivity contribution >= 4 is 5.97 Å². The molecule has 212 valence electrons. The van der Waals surface area contributed by atoms with Gasteiger partial charge in [-0.2, -0.15) is 13.2 Å². The molecule has 1 N–H and O–H groups in total. The molecule has 2 aliphatic rings. The number of ether oxygens (including phenoxy) is 3. The smallest absolute Gasteiger partial charge is 0.418 e. The maximum atomic E-state index is 14.9. The summed E-state index contributed by atoms with van der Waals surface area (Å²) in [5.41, 5.74) is 2.15. The molecule has 0 bridgehead atoms. The standard InChI is InChI=1S/C31H30F4O5/c1-38-21-9-11-26(32)24(15-21)22-10-7-20(13-25(22)30(39-2)31(33,34)35)27-12-8-18-5-6-19(14-28(18)40-27)23(16-29(36)37)17-3-4-17/h5-7,9-11,13-15,17,23,27,30H,3-4,8,12,16H2,1-2H3,(H,36,37). The molecule has 1 heterocycles. The number of rotatable bonds is 9. The number of carboxylic acids is 1. The second-order valence-corrected chi connectivity index (χ2v) is 10.4. The van der Waals surface area contributed by atoms with Crippen LogP contribution < -0.4 is 9.47 Å². The molecule has 3 atom stereocenters. The molecule has 1 aliphatic carbocycles. The predicted molar refractivity (Wildman–Crippen MR) is 140 cm³/mol. The van der Waals surface area contributed by atoms with Gasteiger partial charge in [0.1, 0.15) is 23.4 Å². The normalized spacial score (nSPS) is 18.4. The van der Waals surface area contributed by atoms with Gasteiger partial charge in [0.25, 0.3) is 0 Å². The molecule has 1 fully saturated rings. The number of aliphatic carboxylic acids is 1. The zero-order valence-corrected chi connectivity index (χ0v) is 22.1. The Labute approximate surface area is 229 Å². The molecule has 5 rings (SSSR count). The summed E-state index contributed by atoms with van der Waals surface area (Å²) >= 11 is 0. The van der Waals surface area contributed by atoms with Crippen LogP contribution in [0.2, 0.25) is 0 Å². The van der Waals surface area contributed by atoms with E-state index in [2.05, 4.69) is 0 Å². The molecule has 0 radical (unpaired) electrons. The van der Waals surface area contributed by atoms with Crippen molar-refractivity contribution in [2.75, 3.05) is 14.2 Å². The fraction of sp³-hybridized carbons (Fsp3) is 0.387. The Morgan fingerprint density at radius 2 is 1.80 bits per heavy atom. The number of carboxylic acid groups (broad SMARTS) is 1. The lowest BCUT2D eigenvalue weighted by atomic mass is 9.87. The van der Waals surface area contributed by atoms with E-state index in [1.54, 1.807) is 6.07 Å². The number of halogens is 4. The minimum absolute atomic E-state index is 0.0312. The lowest BCUT2D eigenvalue weighted by Gasteiger charge is -2.29. The highest BCUT2D eigenvalue weighted by atomic mass is 19.4. The van der Waals surface area contributed by atoms with E-state index < -0.39 is 30.2 Å². The number of alkyl halides is 3. The van der Waals surface area contributed by atoms with E-state index in [0.717, 1.165) is 37.1 Å². The molecular formula is C31H30F4O5. The highest BCUT2D eigenvalue weighted by Gasteiger charge is 2.43. The van der Waals surface area contributed by atoms with Crippen LogP contribution in [0.5, 0.6) is 11.5 Å².